The van der Waals surface area contributed by atoms with Gasteiger partial charge in [-0.3, -0.25) is 0 Å². The molecule has 114 valence electrons. The van der Waals surface area contributed by atoms with Crippen LogP contribution in [0.3, 0.4) is 0 Å². The molecule has 2 bridgehead atoms. The van der Waals surface area contributed by atoms with Crippen molar-refractivity contribution < 1.29 is 0 Å². The third-order valence-corrected chi connectivity index (χ3v) is 5.56. The Morgan fingerprint density at radius 2 is 0.818 bits per heavy atom. The summed E-state index contributed by atoms with van der Waals surface area (Å²) in [5.41, 5.74) is 6.12. The molecule has 0 aromatic heterocycles. The molecule has 0 radical (unpaired) electrons. The highest BCUT2D eigenvalue weighted by atomic mass is 15.2. The first-order valence-corrected chi connectivity index (χ1v) is 8.11. The summed E-state index contributed by atoms with van der Waals surface area (Å²) in [6.45, 7) is 0. The van der Waals surface area contributed by atoms with Gasteiger partial charge >= 0.3 is 0 Å². The molecule has 0 N–H and O–H groups in total. The number of benzene rings is 2. The van der Waals surface area contributed by atoms with Gasteiger partial charge in [0.25, 0.3) is 0 Å². The lowest BCUT2D eigenvalue weighted by Gasteiger charge is -2.54. The fraction of sp³-hybridized carbons (Fsp3) is 0.400. The topological polar surface area (TPSA) is 6.48 Å². The molecule has 2 aromatic rings. The van der Waals surface area contributed by atoms with E-state index in [1.807, 2.05) is 0 Å². The van der Waals surface area contributed by atoms with Crippen LogP contribution < -0.4 is 0 Å². The molecule has 2 atom stereocenters. The van der Waals surface area contributed by atoms with E-state index < -0.39 is 0 Å². The van der Waals surface area contributed by atoms with Gasteiger partial charge in [-0.1, -0.05) is 48.5 Å². The van der Waals surface area contributed by atoms with E-state index in [0.29, 0.717) is 23.9 Å². The van der Waals surface area contributed by atoms with Crippen molar-refractivity contribution in [2.24, 2.45) is 0 Å². The highest BCUT2D eigenvalue weighted by molar-refractivity contribution is 5.58. The molecule has 0 spiro atoms. The first-order chi connectivity index (χ1) is 10.6. The van der Waals surface area contributed by atoms with E-state index in [4.69, 9.17) is 0 Å². The Morgan fingerprint density at radius 1 is 0.545 bits per heavy atom. The maximum atomic E-state index is 2.42. The smallest absolute Gasteiger partial charge is 0.0363 e. The minimum absolute atomic E-state index is 0.472. The van der Waals surface area contributed by atoms with Crippen molar-refractivity contribution in [1.29, 1.82) is 0 Å². The first kappa shape index (κ1) is 14.0. The Hall–Kier alpha value is -1.64. The molecule has 0 fully saturated rings. The minimum Gasteiger partial charge on any atom is -0.304 e. The molecule has 0 aliphatic heterocycles. The third-order valence-electron chi connectivity index (χ3n) is 5.56. The van der Waals surface area contributed by atoms with E-state index in [0.717, 1.165) is 0 Å². The molecule has 2 nitrogen and oxygen atoms in total. The molecule has 3 aliphatic carbocycles. The van der Waals surface area contributed by atoms with Gasteiger partial charge < -0.3 is 9.80 Å². The zero-order valence-electron chi connectivity index (χ0n) is 13.8. The van der Waals surface area contributed by atoms with Gasteiger partial charge in [0.1, 0.15) is 0 Å². The van der Waals surface area contributed by atoms with E-state index in [1.54, 1.807) is 0 Å². The highest BCUT2D eigenvalue weighted by Gasteiger charge is 2.51. The van der Waals surface area contributed by atoms with Gasteiger partial charge in [-0.15, -0.1) is 0 Å². The molecule has 0 heterocycles. The SMILES string of the molecule is CN(C)C1C2c3ccccc3C(c3ccccc32)C1N(C)C. The van der Waals surface area contributed by atoms with Crippen molar-refractivity contribution in [2.45, 2.75) is 23.9 Å². The van der Waals surface area contributed by atoms with Crippen LogP contribution in [-0.2, 0) is 0 Å². The molecule has 0 saturated carbocycles. The first-order valence-electron chi connectivity index (χ1n) is 8.11. The zero-order valence-corrected chi connectivity index (χ0v) is 13.8. The molecule has 22 heavy (non-hydrogen) atoms. The number of nitrogens with zero attached hydrogens (tertiary/aromatic N) is 2. The Morgan fingerprint density at radius 3 is 1.05 bits per heavy atom. The van der Waals surface area contributed by atoms with Crippen LogP contribution in [0.1, 0.15) is 34.1 Å². The predicted octanol–water partition coefficient (Wildman–Crippen LogP) is 3.14. The molecule has 0 saturated heterocycles. The molecule has 3 aliphatic rings. The normalized spacial score (nSPS) is 28.8. The minimum atomic E-state index is 0.472. The Balaban J connectivity index is 2.02. The van der Waals surface area contributed by atoms with Crippen LogP contribution in [-0.4, -0.2) is 50.1 Å². The summed E-state index contributed by atoms with van der Waals surface area (Å²) < 4.78 is 0. The summed E-state index contributed by atoms with van der Waals surface area (Å²) in [5, 5.41) is 0. The second-order valence-electron chi connectivity index (χ2n) is 7.12. The summed E-state index contributed by atoms with van der Waals surface area (Å²) in [6, 6.07) is 19.2. The molecule has 5 rings (SSSR count). The fourth-order valence-corrected chi connectivity index (χ4v) is 4.83. The van der Waals surface area contributed by atoms with E-state index in [9.17, 15) is 0 Å². The van der Waals surface area contributed by atoms with Crippen molar-refractivity contribution >= 4 is 0 Å². The number of rotatable bonds is 2. The van der Waals surface area contributed by atoms with Crippen molar-refractivity contribution in [2.75, 3.05) is 28.2 Å². The van der Waals surface area contributed by atoms with E-state index in [2.05, 4.69) is 86.5 Å². The molecular formula is C20H24N2. The van der Waals surface area contributed by atoms with Gasteiger partial charge in [0.15, 0.2) is 0 Å². The molecule has 2 aromatic carbocycles. The van der Waals surface area contributed by atoms with Crippen LogP contribution >= 0.6 is 0 Å². The van der Waals surface area contributed by atoms with E-state index in [1.165, 1.54) is 22.3 Å². The van der Waals surface area contributed by atoms with Crippen molar-refractivity contribution in [3.63, 3.8) is 0 Å². The van der Waals surface area contributed by atoms with Crippen LogP contribution in [0.25, 0.3) is 0 Å². The maximum Gasteiger partial charge on any atom is 0.0363 e. The van der Waals surface area contributed by atoms with Gasteiger partial charge in [-0.2, -0.15) is 0 Å². The van der Waals surface area contributed by atoms with Crippen LogP contribution in [0, 0.1) is 0 Å². The zero-order chi connectivity index (χ0) is 15.4. The molecule has 0 amide bonds. The predicted molar refractivity (Wildman–Crippen MR) is 91.5 cm³/mol. The third kappa shape index (κ3) is 1.74. The van der Waals surface area contributed by atoms with Gasteiger partial charge in [0.2, 0.25) is 0 Å². The number of fused-ring (bicyclic) bond motifs is 1. The van der Waals surface area contributed by atoms with Crippen LogP contribution in [0.2, 0.25) is 0 Å². The van der Waals surface area contributed by atoms with Crippen LogP contribution in [0.5, 0.6) is 0 Å². The van der Waals surface area contributed by atoms with Gasteiger partial charge in [-0.25, -0.2) is 0 Å². The standard InChI is InChI=1S/C20H24N2/c1-21(2)19-17-13-9-5-7-11-15(13)18(20(19)22(3)4)16-12-8-6-10-14(16)17/h5-12,17-20H,1-4H3. The van der Waals surface area contributed by atoms with Crippen molar-refractivity contribution in [3.8, 4) is 0 Å². The second kappa shape index (κ2) is 4.94. The highest BCUT2D eigenvalue weighted by Crippen LogP contribution is 2.54. The number of likely N-dealkylation sites (N-methyl/N-ethyl adjacent to an activating group) is 2. The lowest BCUT2D eigenvalue weighted by molar-refractivity contribution is 0.103. The monoisotopic (exact) mass is 292 g/mol. The van der Waals surface area contributed by atoms with Crippen LogP contribution in [0.4, 0.5) is 0 Å². The van der Waals surface area contributed by atoms with Crippen LogP contribution in [0.15, 0.2) is 48.5 Å². The summed E-state index contributed by atoms with van der Waals surface area (Å²) in [5.74, 6) is 0.944. The van der Waals surface area contributed by atoms with Crippen molar-refractivity contribution in [3.05, 3.63) is 70.8 Å². The quantitative estimate of drug-likeness (QED) is 0.839. The molecule has 2 unspecified atom stereocenters. The van der Waals surface area contributed by atoms with Gasteiger partial charge in [-0.05, 0) is 50.4 Å². The summed E-state index contributed by atoms with van der Waals surface area (Å²) >= 11 is 0. The maximum absolute atomic E-state index is 2.42. The fourth-order valence-electron chi connectivity index (χ4n) is 4.83. The van der Waals surface area contributed by atoms with Gasteiger partial charge in [0, 0.05) is 23.9 Å². The summed E-state index contributed by atoms with van der Waals surface area (Å²) in [7, 11) is 8.92. The number of hydrogen-bond acceptors (Lipinski definition) is 2. The average molecular weight is 292 g/mol. The lowest BCUT2D eigenvalue weighted by atomic mass is 9.58. The van der Waals surface area contributed by atoms with E-state index >= 15 is 0 Å². The largest absolute Gasteiger partial charge is 0.304 e. The second-order valence-corrected chi connectivity index (χ2v) is 7.12. The van der Waals surface area contributed by atoms with E-state index in [-0.39, 0.29) is 0 Å². The Labute approximate surface area is 133 Å². The summed E-state index contributed by atoms with van der Waals surface area (Å²) in [4.78, 5) is 4.85. The molecule has 2 heteroatoms. The van der Waals surface area contributed by atoms with Gasteiger partial charge in [0.05, 0.1) is 0 Å². The summed E-state index contributed by atoms with van der Waals surface area (Å²) in [6.07, 6.45) is 0. The van der Waals surface area contributed by atoms with Crippen molar-refractivity contribution in [1.82, 2.24) is 9.80 Å². The number of hydrogen-bond donors (Lipinski definition) is 0. The Bertz CT molecular complexity index is 597. The lowest BCUT2D eigenvalue weighted by Crippen LogP contribution is -2.58. The molecular weight excluding hydrogens is 268 g/mol. The average Bonchev–Trinajstić information content (AvgIpc) is 2.53. The Kier molecular flexibility index (Phi) is 3.14.